The fraction of sp³-hybridized carbons (Fsp3) is 0.122. The minimum absolute atomic E-state index is 0. The Kier molecular flexibility index (Phi) is 28.2. The lowest BCUT2D eigenvalue weighted by molar-refractivity contribution is 0.217. The predicted molar refractivity (Wildman–Crippen MR) is 414 cm³/mol. The zero-order chi connectivity index (χ0) is 79.4. The molecule has 0 saturated carbocycles. The monoisotopic (exact) mass is 1640 g/mol. The van der Waals surface area contributed by atoms with Crippen LogP contribution in [0.1, 0.15) is 26.7 Å². The molecule has 30 heteroatoms. The molecule has 0 heterocycles. The normalized spacial score (nSPS) is 11.6. The van der Waals surface area contributed by atoms with Crippen molar-refractivity contribution < 1.29 is 110 Å². The van der Waals surface area contributed by atoms with Gasteiger partial charge in [0.05, 0.1) is 85.2 Å². The molecule has 0 fully saturated rings. The van der Waals surface area contributed by atoms with Gasteiger partial charge in [-0.3, -0.25) is 0 Å². The van der Waals surface area contributed by atoms with E-state index in [0.29, 0.717) is 80.2 Å². The number of ether oxygens (including phenoxy) is 6. The first-order valence-corrected chi connectivity index (χ1v) is 42.5. The lowest BCUT2D eigenvalue weighted by Crippen LogP contribution is -2.09. The highest BCUT2D eigenvalue weighted by Crippen LogP contribution is 2.32. The lowest BCUT2D eigenvalue weighted by atomic mass is 10.3. The molecule has 0 spiro atoms. The van der Waals surface area contributed by atoms with Gasteiger partial charge >= 0.3 is 0 Å². The molecule has 0 radical (unpaired) electrons. The predicted octanol–water partition coefficient (Wildman–Crippen LogP) is 14.5. The zero-order valence-electron chi connectivity index (χ0n) is 58.6. The average Bonchev–Trinajstić information content (AvgIpc) is 0.837. The summed E-state index contributed by atoms with van der Waals surface area (Å²) in [4.78, 5) is 1.19. The minimum Gasteiger partial charge on any atom is -0.508 e. The highest BCUT2D eigenvalue weighted by atomic mass is 32.2. The van der Waals surface area contributed by atoms with Crippen LogP contribution in [0.5, 0.6) is 69.0 Å². The molecule has 0 amide bonds. The van der Waals surface area contributed by atoms with Crippen LogP contribution in [0.4, 0.5) is 0 Å². The summed E-state index contributed by atoms with van der Waals surface area (Å²) in [5, 5.41) is 56.1. The van der Waals surface area contributed by atoms with Crippen molar-refractivity contribution >= 4 is 59.0 Å². The van der Waals surface area contributed by atoms with E-state index >= 15 is 0 Å². The summed E-state index contributed by atoms with van der Waals surface area (Å²) in [6.45, 7) is 1.85. The molecule has 0 aromatic heterocycles. The molecule has 12 aromatic carbocycles. The molecule has 0 saturated heterocycles. The van der Waals surface area contributed by atoms with E-state index in [-0.39, 0.29) is 114 Å². The van der Waals surface area contributed by atoms with Gasteiger partial charge in [-0.15, -0.1) is 0 Å². The summed E-state index contributed by atoms with van der Waals surface area (Å²) in [6, 6.07) is 68.3. The van der Waals surface area contributed by atoms with E-state index in [2.05, 4.69) is 0 Å². The van der Waals surface area contributed by atoms with Crippen molar-refractivity contribution in [2.45, 2.75) is 85.4 Å². The van der Waals surface area contributed by atoms with Crippen LogP contribution in [-0.2, 0) is 59.0 Å². The molecule has 0 aliphatic heterocycles. The second-order valence-corrected chi connectivity index (χ2v) is 35.7. The maximum absolute atomic E-state index is 12.7. The van der Waals surface area contributed by atoms with E-state index in [9.17, 15) is 81.1 Å². The van der Waals surface area contributed by atoms with E-state index < -0.39 is 59.0 Å². The van der Waals surface area contributed by atoms with Crippen molar-refractivity contribution in [2.75, 3.05) is 39.6 Å². The van der Waals surface area contributed by atoms with Crippen molar-refractivity contribution in [1.82, 2.24) is 0 Å². The molecular weight excluding hydrogens is 1560 g/mol. The summed E-state index contributed by atoms with van der Waals surface area (Å²) in [6.07, 6.45) is 1.93. The van der Waals surface area contributed by atoms with Crippen LogP contribution in [0, 0.1) is 0 Å². The third-order valence-electron chi connectivity index (χ3n) is 16.2. The largest absolute Gasteiger partial charge is 0.508 e. The van der Waals surface area contributed by atoms with Crippen molar-refractivity contribution in [3.05, 3.63) is 291 Å². The summed E-state index contributed by atoms with van der Waals surface area (Å²) >= 11 is 0. The number of unbranched alkanes of at least 4 members (excludes halogenated alkanes) is 1. The Morgan fingerprint density at radius 2 is 0.268 bits per heavy atom. The Bertz CT molecular complexity index is 5430. The third-order valence-corrected chi connectivity index (χ3v) is 26.9. The molecule has 0 unspecified atom stereocenters. The maximum atomic E-state index is 12.7. The SMILES string of the molecule is C.O=S(=O)(c1ccc(O)cc1)c1ccc(OCCCCOc2ccc(S(=O)(=O)c3ccc(O)cc3)cc2)cc1.O=S(=O)(c1ccc(O)cc1)c1ccc(OCCCOc2ccc(S(=O)(=O)c3ccc(O)cc3)cc2)cc1.O=S(=O)(c1ccc(O)cc1)c1ccc(OCCOc2ccc(S(=O)(=O)c3ccc(O)cc3)cc2)cc1. The van der Waals surface area contributed by atoms with Crippen LogP contribution in [0.2, 0.25) is 0 Å². The van der Waals surface area contributed by atoms with E-state index in [1.165, 1.54) is 243 Å². The number of phenolic OH excluding ortho intramolecular Hbond substituents is 6. The van der Waals surface area contributed by atoms with Crippen molar-refractivity contribution in [1.29, 1.82) is 0 Å². The summed E-state index contributed by atoms with van der Waals surface area (Å²) in [5.74, 6) is 2.94. The molecule has 24 nitrogen and oxygen atoms in total. The van der Waals surface area contributed by atoms with Gasteiger partial charge in [0.2, 0.25) is 59.0 Å². The lowest BCUT2D eigenvalue weighted by Gasteiger charge is -2.10. The fourth-order valence-corrected chi connectivity index (χ4v) is 17.8. The first kappa shape index (κ1) is 84.0. The number of phenols is 6. The molecule has 0 atom stereocenters. The number of hydrogen-bond donors (Lipinski definition) is 6. The van der Waals surface area contributed by atoms with Crippen LogP contribution < -0.4 is 28.4 Å². The Hall–Kier alpha value is -12.1. The van der Waals surface area contributed by atoms with Gasteiger partial charge in [0.1, 0.15) is 82.2 Å². The quantitative estimate of drug-likeness (QED) is 0.0228. The van der Waals surface area contributed by atoms with Gasteiger partial charge in [0, 0.05) is 6.42 Å². The fourth-order valence-electron chi connectivity index (χ4n) is 10.2. The number of aromatic hydroxyl groups is 6. The summed E-state index contributed by atoms with van der Waals surface area (Å²) < 4.78 is 186. The topological polar surface area (TPSA) is 382 Å². The van der Waals surface area contributed by atoms with Gasteiger partial charge in [0.15, 0.2) is 0 Å². The van der Waals surface area contributed by atoms with Gasteiger partial charge in [0.25, 0.3) is 0 Å². The maximum Gasteiger partial charge on any atom is 0.206 e. The van der Waals surface area contributed by atoms with Gasteiger partial charge in [-0.2, -0.15) is 0 Å². The highest BCUT2D eigenvalue weighted by molar-refractivity contribution is 7.93. The van der Waals surface area contributed by atoms with E-state index in [1.54, 1.807) is 48.5 Å². The number of sulfone groups is 6. The minimum atomic E-state index is -3.71. The number of hydrogen-bond acceptors (Lipinski definition) is 24. The molecular formula is C82H76O24S6. The molecule has 112 heavy (non-hydrogen) atoms. The summed E-state index contributed by atoms with van der Waals surface area (Å²) in [7, 11) is -22.2. The number of benzene rings is 12. The zero-order valence-corrected chi connectivity index (χ0v) is 63.5. The molecule has 0 aliphatic carbocycles. The van der Waals surface area contributed by atoms with Crippen molar-refractivity contribution in [2.24, 2.45) is 0 Å². The summed E-state index contributed by atoms with van der Waals surface area (Å²) in [5.41, 5.74) is 0. The van der Waals surface area contributed by atoms with E-state index in [1.807, 2.05) is 0 Å². The molecule has 12 rings (SSSR count). The Labute approximate surface area is 649 Å². The van der Waals surface area contributed by atoms with E-state index in [4.69, 9.17) is 28.4 Å². The van der Waals surface area contributed by atoms with Crippen LogP contribution in [0.15, 0.2) is 350 Å². The van der Waals surface area contributed by atoms with Gasteiger partial charge in [-0.05, 0) is 304 Å². The highest BCUT2D eigenvalue weighted by Gasteiger charge is 2.24. The van der Waals surface area contributed by atoms with Crippen LogP contribution in [0.25, 0.3) is 0 Å². The van der Waals surface area contributed by atoms with Gasteiger partial charge in [-0.25, -0.2) is 50.5 Å². The Morgan fingerprint density at radius 1 is 0.161 bits per heavy atom. The van der Waals surface area contributed by atoms with Crippen molar-refractivity contribution in [3.63, 3.8) is 0 Å². The van der Waals surface area contributed by atoms with Gasteiger partial charge < -0.3 is 59.1 Å². The number of rotatable bonds is 30. The molecule has 0 aliphatic rings. The average molecular weight is 1640 g/mol. The molecule has 6 N–H and O–H groups in total. The first-order valence-electron chi connectivity index (χ1n) is 33.6. The first-order chi connectivity index (χ1) is 53.0. The Balaban J connectivity index is 0.000000192. The molecule has 0 bridgehead atoms. The second kappa shape index (κ2) is 37.6. The Morgan fingerprint density at radius 3 is 0.402 bits per heavy atom. The van der Waals surface area contributed by atoms with E-state index in [0.717, 1.165) is 0 Å². The van der Waals surface area contributed by atoms with Crippen LogP contribution in [0.3, 0.4) is 0 Å². The standard InChI is InChI=1S/C28H26O8S2.C27H24O8S2.C26H22O8S2.CH4/c29-21-3-11-25(12-4-21)37(31,32)27-15-7-23(8-16-27)35-19-1-2-20-36-24-9-17-28(18-10-24)38(33,34)26-13-5-22(30)6-14-26;28-20-2-10-24(11-3-20)36(30,31)26-14-6-22(7-15-26)34-18-1-19-35-23-8-16-27(17-9-23)37(32,33)25-12-4-21(29)5-13-25;27-19-1-9-23(10-2-19)35(29,30)25-13-5-21(6-14-25)33-17-18-34-22-7-15-26(16-8-22)36(31,32)24-11-3-20(28)4-12-24;/h3-18,29-30H,1-2,19-20H2;2-17,28-29H,1,18-19H2;1-16,27-28H,17-18H2;1H4. The van der Waals surface area contributed by atoms with Crippen LogP contribution in [-0.4, -0.2) is 121 Å². The van der Waals surface area contributed by atoms with Crippen molar-refractivity contribution in [3.8, 4) is 69.0 Å². The second-order valence-electron chi connectivity index (χ2n) is 24.0. The molecule has 12 aromatic rings. The van der Waals surface area contributed by atoms with Gasteiger partial charge in [-0.1, -0.05) is 7.43 Å². The van der Waals surface area contributed by atoms with Crippen LogP contribution >= 0.6 is 0 Å². The smallest absolute Gasteiger partial charge is 0.206 e. The molecule has 584 valence electrons. The third kappa shape index (κ3) is 22.1.